The zero-order chi connectivity index (χ0) is 20.8. The molecule has 30 heavy (non-hydrogen) atoms. The Morgan fingerprint density at radius 3 is 1.90 bits per heavy atom. The molecule has 0 bridgehead atoms. The predicted molar refractivity (Wildman–Crippen MR) is 121 cm³/mol. The lowest BCUT2D eigenvalue weighted by Gasteiger charge is -2.03. The van der Waals surface area contributed by atoms with Crippen LogP contribution in [0.25, 0.3) is 22.5 Å². The fraction of sp³-hybridized carbons (Fsp3) is 0.160. The maximum atomic E-state index is 12.4. The summed E-state index contributed by atoms with van der Waals surface area (Å²) in [6, 6.07) is 28.9. The van der Waals surface area contributed by atoms with Crippen LogP contribution in [0.15, 0.2) is 95.9 Å². The molecular formula is C25H24N2O2S. The lowest BCUT2D eigenvalue weighted by atomic mass is 10.1. The number of hydrogen-bond donors (Lipinski definition) is 1. The van der Waals surface area contributed by atoms with Gasteiger partial charge in [-0.25, -0.2) is 13.4 Å². The molecule has 0 saturated carbocycles. The Bertz CT molecular complexity index is 1130. The first-order valence-electron chi connectivity index (χ1n) is 10.1. The summed E-state index contributed by atoms with van der Waals surface area (Å²) in [6.07, 6.45) is 2.05. The number of unbranched alkanes of at least 4 members (excludes halogenated alkanes) is 1. The number of hydrogen-bond acceptors (Lipinski definition) is 3. The molecule has 3 aromatic carbocycles. The Balaban J connectivity index is 1.48. The second-order valence-corrected chi connectivity index (χ2v) is 9.34. The molecule has 0 aliphatic carbocycles. The second kappa shape index (κ2) is 9.09. The van der Waals surface area contributed by atoms with E-state index in [9.17, 15) is 8.42 Å². The highest BCUT2D eigenvalue weighted by atomic mass is 32.2. The molecule has 1 aromatic heterocycles. The third-order valence-corrected chi connectivity index (χ3v) is 6.86. The van der Waals surface area contributed by atoms with Crippen LogP contribution in [-0.2, 0) is 16.3 Å². The van der Waals surface area contributed by atoms with Crippen LogP contribution in [-0.4, -0.2) is 24.1 Å². The summed E-state index contributed by atoms with van der Waals surface area (Å²) in [5.74, 6) is 1.03. The van der Waals surface area contributed by atoms with Gasteiger partial charge in [-0.1, -0.05) is 78.9 Å². The molecule has 0 fully saturated rings. The molecule has 4 nitrogen and oxygen atoms in total. The molecule has 0 aliphatic heterocycles. The molecule has 0 saturated heterocycles. The van der Waals surface area contributed by atoms with Crippen molar-refractivity contribution >= 4 is 9.84 Å². The Morgan fingerprint density at radius 1 is 0.700 bits per heavy atom. The maximum absolute atomic E-state index is 12.4. The summed E-state index contributed by atoms with van der Waals surface area (Å²) < 4.78 is 24.9. The van der Waals surface area contributed by atoms with E-state index in [0.29, 0.717) is 17.7 Å². The summed E-state index contributed by atoms with van der Waals surface area (Å²) in [7, 11) is -3.23. The van der Waals surface area contributed by atoms with Crippen LogP contribution in [0.4, 0.5) is 0 Å². The van der Waals surface area contributed by atoms with Gasteiger partial charge in [0, 0.05) is 17.5 Å². The third-order valence-electron chi connectivity index (χ3n) is 5.04. The van der Waals surface area contributed by atoms with Gasteiger partial charge in [0.15, 0.2) is 9.84 Å². The van der Waals surface area contributed by atoms with Crippen LogP contribution in [0.5, 0.6) is 0 Å². The standard InChI is InChI=1S/C25H24N2O2S/c28-30(29,22-16-8-3-9-17-22)19-11-10-18-23-26-24(20-12-4-1-5-13-20)25(27-23)21-14-6-2-7-15-21/h1-9,12-17H,10-11,18-19H2,(H,26,27). The number of H-pyrrole nitrogens is 1. The van der Waals surface area contributed by atoms with Crippen molar-refractivity contribution in [3.05, 3.63) is 96.8 Å². The Kier molecular flexibility index (Phi) is 6.10. The van der Waals surface area contributed by atoms with Crippen LogP contribution in [0.3, 0.4) is 0 Å². The second-order valence-electron chi connectivity index (χ2n) is 7.23. The van der Waals surface area contributed by atoms with Gasteiger partial charge < -0.3 is 4.98 Å². The van der Waals surface area contributed by atoms with Crippen LogP contribution in [0, 0.1) is 0 Å². The molecule has 0 atom stereocenters. The topological polar surface area (TPSA) is 62.8 Å². The number of rotatable bonds is 8. The van der Waals surface area contributed by atoms with E-state index >= 15 is 0 Å². The van der Waals surface area contributed by atoms with E-state index in [1.54, 1.807) is 24.3 Å². The van der Waals surface area contributed by atoms with E-state index in [1.165, 1.54) is 0 Å². The average molecular weight is 417 g/mol. The van der Waals surface area contributed by atoms with Gasteiger partial charge >= 0.3 is 0 Å². The van der Waals surface area contributed by atoms with Crippen molar-refractivity contribution in [1.29, 1.82) is 0 Å². The number of nitrogens with zero attached hydrogens (tertiary/aromatic N) is 1. The number of benzene rings is 3. The fourth-order valence-electron chi connectivity index (χ4n) is 3.49. The summed E-state index contributed by atoms with van der Waals surface area (Å²) in [4.78, 5) is 8.70. The minimum Gasteiger partial charge on any atom is -0.341 e. The maximum Gasteiger partial charge on any atom is 0.178 e. The van der Waals surface area contributed by atoms with Gasteiger partial charge in [0.25, 0.3) is 0 Å². The number of sulfone groups is 1. The fourth-order valence-corrected chi connectivity index (χ4v) is 4.88. The molecule has 0 amide bonds. The van der Waals surface area contributed by atoms with Gasteiger partial charge in [-0.05, 0) is 25.0 Å². The SMILES string of the molecule is O=S(=O)(CCCCc1nc(-c2ccccc2)c(-c2ccccc2)[nH]1)c1ccccc1. The summed E-state index contributed by atoms with van der Waals surface area (Å²) in [6.45, 7) is 0. The van der Waals surface area contributed by atoms with E-state index in [4.69, 9.17) is 4.98 Å². The van der Waals surface area contributed by atoms with Gasteiger partial charge in [0.05, 0.1) is 22.0 Å². The molecule has 152 valence electrons. The van der Waals surface area contributed by atoms with Crippen LogP contribution < -0.4 is 0 Å². The zero-order valence-electron chi connectivity index (χ0n) is 16.7. The van der Waals surface area contributed by atoms with Crippen molar-refractivity contribution in [2.45, 2.75) is 24.2 Å². The normalized spacial score (nSPS) is 11.5. The number of aromatic nitrogens is 2. The number of imidazole rings is 1. The molecular weight excluding hydrogens is 392 g/mol. The lowest BCUT2D eigenvalue weighted by molar-refractivity contribution is 0.591. The highest BCUT2D eigenvalue weighted by molar-refractivity contribution is 7.91. The first kappa shape index (κ1) is 20.1. The highest BCUT2D eigenvalue weighted by Crippen LogP contribution is 2.30. The molecule has 0 aliphatic rings. The number of aromatic amines is 1. The molecule has 4 aromatic rings. The minimum atomic E-state index is -3.23. The smallest absolute Gasteiger partial charge is 0.178 e. The molecule has 4 rings (SSSR count). The highest BCUT2D eigenvalue weighted by Gasteiger charge is 2.15. The van der Waals surface area contributed by atoms with E-state index < -0.39 is 9.84 Å². The zero-order valence-corrected chi connectivity index (χ0v) is 17.5. The Labute approximate surface area is 177 Å². The van der Waals surface area contributed by atoms with Crippen molar-refractivity contribution in [3.63, 3.8) is 0 Å². The van der Waals surface area contributed by atoms with E-state index in [-0.39, 0.29) is 5.75 Å². The summed E-state index contributed by atoms with van der Waals surface area (Å²) in [5, 5.41) is 0. The van der Waals surface area contributed by atoms with Crippen molar-refractivity contribution in [1.82, 2.24) is 9.97 Å². The van der Waals surface area contributed by atoms with Crippen molar-refractivity contribution in [2.24, 2.45) is 0 Å². The quantitative estimate of drug-likeness (QED) is 0.384. The predicted octanol–water partition coefficient (Wildman–Crippen LogP) is 5.54. The van der Waals surface area contributed by atoms with Crippen LogP contribution in [0.1, 0.15) is 18.7 Å². The van der Waals surface area contributed by atoms with Crippen LogP contribution >= 0.6 is 0 Å². The summed E-state index contributed by atoms with van der Waals surface area (Å²) >= 11 is 0. The average Bonchev–Trinajstić information content (AvgIpc) is 3.23. The van der Waals surface area contributed by atoms with Gasteiger partial charge in [-0.2, -0.15) is 0 Å². The van der Waals surface area contributed by atoms with E-state index in [0.717, 1.165) is 34.8 Å². The van der Waals surface area contributed by atoms with Gasteiger partial charge in [0.2, 0.25) is 0 Å². The number of nitrogens with one attached hydrogen (secondary N) is 1. The first-order valence-corrected chi connectivity index (χ1v) is 11.8. The largest absolute Gasteiger partial charge is 0.341 e. The number of aryl methyl sites for hydroxylation is 1. The Morgan fingerprint density at radius 2 is 1.27 bits per heavy atom. The van der Waals surface area contributed by atoms with Crippen molar-refractivity contribution in [2.75, 3.05) is 5.75 Å². The molecule has 1 N–H and O–H groups in total. The molecule has 1 heterocycles. The Hall–Kier alpha value is -3.18. The van der Waals surface area contributed by atoms with Gasteiger partial charge in [-0.3, -0.25) is 0 Å². The molecule has 5 heteroatoms. The van der Waals surface area contributed by atoms with Gasteiger partial charge in [0.1, 0.15) is 5.82 Å². The third kappa shape index (κ3) is 4.69. The molecule has 0 spiro atoms. The van der Waals surface area contributed by atoms with Crippen LogP contribution in [0.2, 0.25) is 0 Å². The monoisotopic (exact) mass is 416 g/mol. The van der Waals surface area contributed by atoms with Gasteiger partial charge in [-0.15, -0.1) is 0 Å². The van der Waals surface area contributed by atoms with E-state index in [2.05, 4.69) is 29.2 Å². The summed E-state index contributed by atoms with van der Waals surface area (Å²) in [5.41, 5.74) is 4.06. The molecule has 0 unspecified atom stereocenters. The minimum absolute atomic E-state index is 0.148. The lowest BCUT2D eigenvalue weighted by Crippen LogP contribution is -2.07. The first-order chi connectivity index (χ1) is 14.6. The van der Waals surface area contributed by atoms with E-state index in [1.807, 2.05) is 42.5 Å². The molecule has 0 radical (unpaired) electrons. The van der Waals surface area contributed by atoms with Crippen molar-refractivity contribution < 1.29 is 8.42 Å². The van der Waals surface area contributed by atoms with Crippen molar-refractivity contribution in [3.8, 4) is 22.5 Å².